The maximum absolute atomic E-state index is 13.2. The number of benzene rings is 2. The number of carboxylic acid groups (broad SMARTS) is 1. The molecule has 2 aromatic carbocycles. The van der Waals surface area contributed by atoms with Gasteiger partial charge in [-0.15, -0.1) is 0 Å². The fourth-order valence-electron chi connectivity index (χ4n) is 3.07. The zero-order valence-corrected chi connectivity index (χ0v) is 16.6. The van der Waals surface area contributed by atoms with Crippen molar-refractivity contribution in [3.05, 3.63) is 81.5 Å². The summed E-state index contributed by atoms with van der Waals surface area (Å²) in [7, 11) is 0. The summed E-state index contributed by atoms with van der Waals surface area (Å²) in [5.41, 5.74) is 2.09. The van der Waals surface area contributed by atoms with Gasteiger partial charge in [-0.3, -0.25) is 9.69 Å². The molecule has 29 heavy (non-hydrogen) atoms. The topological polar surface area (TPSA) is 83.9 Å². The molecule has 1 N–H and O–H groups in total. The Labute approximate surface area is 172 Å². The van der Waals surface area contributed by atoms with Crippen molar-refractivity contribution in [3.63, 3.8) is 0 Å². The summed E-state index contributed by atoms with van der Waals surface area (Å²) < 4.78 is 5.15. The Morgan fingerprint density at radius 1 is 1.10 bits per heavy atom. The molecule has 3 rings (SSSR count). The van der Waals surface area contributed by atoms with Crippen LogP contribution < -0.4 is 4.90 Å². The number of rotatable bonds is 5. The zero-order chi connectivity index (χ0) is 21.1. The highest BCUT2D eigenvalue weighted by Gasteiger charge is 2.38. The molecule has 0 saturated carbocycles. The van der Waals surface area contributed by atoms with Crippen molar-refractivity contribution in [2.24, 2.45) is 0 Å². The molecule has 0 spiro atoms. The van der Waals surface area contributed by atoms with Crippen LogP contribution in [0.25, 0.3) is 6.08 Å². The summed E-state index contributed by atoms with van der Waals surface area (Å²) in [6, 6.07) is 12.7. The van der Waals surface area contributed by atoms with Gasteiger partial charge in [0.1, 0.15) is 0 Å². The van der Waals surface area contributed by atoms with E-state index in [0.29, 0.717) is 22.0 Å². The number of carboxylic acids is 1. The van der Waals surface area contributed by atoms with Gasteiger partial charge in [-0.25, -0.2) is 9.59 Å². The molecule has 0 bridgehead atoms. The number of amides is 1. The Balaban J connectivity index is 2.08. The molecule has 1 aliphatic heterocycles. The van der Waals surface area contributed by atoms with Crippen molar-refractivity contribution in [3.8, 4) is 0 Å². The van der Waals surface area contributed by atoms with Crippen molar-refractivity contribution in [2.45, 2.75) is 13.8 Å². The van der Waals surface area contributed by atoms with E-state index in [1.54, 1.807) is 56.3 Å². The van der Waals surface area contributed by atoms with E-state index in [-0.39, 0.29) is 29.2 Å². The first-order valence-electron chi connectivity index (χ1n) is 8.87. The number of nitrogens with zero attached hydrogens (tertiary/aromatic N) is 1. The lowest BCUT2D eigenvalue weighted by Gasteiger charge is -2.17. The highest BCUT2D eigenvalue weighted by Crippen LogP contribution is 2.35. The molecule has 7 heteroatoms. The molecule has 0 saturated heterocycles. The number of carbonyl (C=O) groups excluding carboxylic acids is 2. The van der Waals surface area contributed by atoms with Crippen molar-refractivity contribution in [2.75, 3.05) is 11.5 Å². The standard InChI is InChI=1S/C22H18ClNO5/c1-3-29-22(28)19-13(2)24(17-10-8-16(23)9-11-17)20(25)18(19)12-14-4-6-15(7-5-14)21(26)27/h4-12H,3H2,1-2H3,(H,26,27)/b18-12+. The number of allylic oxidation sites excluding steroid dienone is 1. The number of anilines is 1. The van der Waals surface area contributed by atoms with Gasteiger partial charge >= 0.3 is 11.9 Å². The monoisotopic (exact) mass is 411 g/mol. The maximum atomic E-state index is 13.2. The smallest absolute Gasteiger partial charge is 0.340 e. The van der Waals surface area contributed by atoms with Crippen LogP contribution in [-0.4, -0.2) is 29.6 Å². The van der Waals surface area contributed by atoms with Crippen molar-refractivity contribution < 1.29 is 24.2 Å². The molecular weight excluding hydrogens is 394 g/mol. The number of hydrogen-bond donors (Lipinski definition) is 1. The van der Waals surface area contributed by atoms with Crippen LogP contribution in [0.1, 0.15) is 29.8 Å². The molecule has 1 heterocycles. The van der Waals surface area contributed by atoms with Crippen molar-refractivity contribution >= 4 is 41.2 Å². The summed E-state index contributed by atoms with van der Waals surface area (Å²) in [4.78, 5) is 38.2. The van der Waals surface area contributed by atoms with Gasteiger partial charge in [0.2, 0.25) is 0 Å². The van der Waals surface area contributed by atoms with Gasteiger partial charge in [0.05, 0.1) is 23.3 Å². The largest absolute Gasteiger partial charge is 0.478 e. The first kappa shape index (κ1) is 20.4. The second kappa shape index (κ2) is 8.32. The quantitative estimate of drug-likeness (QED) is 0.585. The van der Waals surface area contributed by atoms with E-state index in [1.807, 2.05) is 0 Å². The fraction of sp³-hybridized carbons (Fsp3) is 0.136. The summed E-state index contributed by atoms with van der Waals surface area (Å²) >= 11 is 5.94. The van der Waals surface area contributed by atoms with Crippen LogP contribution >= 0.6 is 11.6 Å². The number of halogens is 1. The maximum Gasteiger partial charge on any atom is 0.340 e. The Morgan fingerprint density at radius 3 is 2.28 bits per heavy atom. The molecule has 0 fully saturated rings. The predicted octanol–water partition coefficient (Wildman–Crippen LogP) is 4.31. The van der Waals surface area contributed by atoms with Gasteiger partial charge in [-0.05, 0) is 61.9 Å². The van der Waals surface area contributed by atoms with Crippen molar-refractivity contribution in [1.29, 1.82) is 0 Å². The number of aromatic carboxylic acids is 1. The zero-order valence-electron chi connectivity index (χ0n) is 15.8. The Morgan fingerprint density at radius 2 is 1.72 bits per heavy atom. The van der Waals surface area contributed by atoms with E-state index in [2.05, 4.69) is 0 Å². The Hall–Kier alpha value is -3.38. The van der Waals surface area contributed by atoms with Crippen molar-refractivity contribution in [1.82, 2.24) is 0 Å². The third-order valence-electron chi connectivity index (χ3n) is 4.43. The molecule has 148 valence electrons. The van der Waals surface area contributed by atoms with Gasteiger partial charge < -0.3 is 9.84 Å². The lowest BCUT2D eigenvalue weighted by Crippen LogP contribution is -2.24. The molecule has 2 aromatic rings. The summed E-state index contributed by atoms with van der Waals surface area (Å²) in [5.74, 6) is -2.02. The highest BCUT2D eigenvalue weighted by molar-refractivity contribution is 6.30. The Bertz CT molecular complexity index is 1040. The normalized spacial score (nSPS) is 15.2. The van der Waals surface area contributed by atoms with Crippen LogP contribution in [-0.2, 0) is 14.3 Å². The molecule has 0 unspecified atom stereocenters. The van der Waals surface area contributed by atoms with Crippen LogP contribution in [0.2, 0.25) is 5.02 Å². The summed E-state index contributed by atoms with van der Waals surface area (Å²) in [5, 5.41) is 9.57. The molecule has 0 atom stereocenters. The van der Waals surface area contributed by atoms with Crippen LogP contribution in [0.5, 0.6) is 0 Å². The van der Waals surface area contributed by atoms with E-state index in [4.69, 9.17) is 21.4 Å². The number of ether oxygens (including phenoxy) is 1. The predicted molar refractivity (Wildman–Crippen MR) is 110 cm³/mol. The van der Waals surface area contributed by atoms with Gasteiger partial charge in [-0.2, -0.15) is 0 Å². The van der Waals surface area contributed by atoms with Crippen LogP contribution in [0, 0.1) is 0 Å². The molecule has 1 aliphatic rings. The molecule has 6 nitrogen and oxygen atoms in total. The lowest BCUT2D eigenvalue weighted by atomic mass is 10.0. The first-order valence-corrected chi connectivity index (χ1v) is 9.24. The van der Waals surface area contributed by atoms with Gasteiger partial charge in [-0.1, -0.05) is 23.7 Å². The molecule has 0 aliphatic carbocycles. The Kier molecular flexibility index (Phi) is 5.84. The molecule has 0 radical (unpaired) electrons. The fourth-order valence-corrected chi connectivity index (χ4v) is 3.20. The second-order valence-electron chi connectivity index (χ2n) is 6.28. The van der Waals surface area contributed by atoms with Gasteiger partial charge in [0, 0.05) is 16.4 Å². The average molecular weight is 412 g/mol. The van der Waals surface area contributed by atoms with Gasteiger partial charge in [0.25, 0.3) is 5.91 Å². The SMILES string of the molecule is CCOC(=O)C1=C(C)N(c2ccc(Cl)cc2)C(=O)/C1=C/c1ccc(C(=O)O)cc1. The van der Waals surface area contributed by atoms with E-state index >= 15 is 0 Å². The summed E-state index contributed by atoms with van der Waals surface area (Å²) in [6.45, 7) is 3.54. The van der Waals surface area contributed by atoms with Crippen LogP contribution in [0.3, 0.4) is 0 Å². The minimum absolute atomic E-state index is 0.130. The number of esters is 1. The number of hydrogen-bond acceptors (Lipinski definition) is 4. The van der Waals surface area contributed by atoms with Gasteiger partial charge in [0.15, 0.2) is 0 Å². The molecule has 0 aromatic heterocycles. The minimum Gasteiger partial charge on any atom is -0.478 e. The third-order valence-corrected chi connectivity index (χ3v) is 4.69. The van der Waals surface area contributed by atoms with E-state index in [0.717, 1.165) is 0 Å². The first-order chi connectivity index (χ1) is 13.8. The van der Waals surface area contributed by atoms with E-state index in [1.165, 1.54) is 17.0 Å². The van der Waals surface area contributed by atoms with E-state index in [9.17, 15) is 14.4 Å². The minimum atomic E-state index is -1.04. The van der Waals surface area contributed by atoms with Crippen LogP contribution in [0.4, 0.5) is 5.69 Å². The third kappa shape index (κ3) is 4.07. The molecular formula is C22H18ClNO5. The lowest BCUT2D eigenvalue weighted by molar-refractivity contribution is -0.138. The average Bonchev–Trinajstić information content (AvgIpc) is 2.93. The highest BCUT2D eigenvalue weighted by atomic mass is 35.5. The molecule has 1 amide bonds. The second-order valence-corrected chi connectivity index (χ2v) is 6.72. The van der Waals surface area contributed by atoms with E-state index < -0.39 is 11.9 Å². The van der Waals surface area contributed by atoms with Crippen LogP contribution in [0.15, 0.2) is 65.4 Å². The number of carbonyl (C=O) groups is 3. The summed E-state index contributed by atoms with van der Waals surface area (Å²) in [6.07, 6.45) is 1.56.